The van der Waals surface area contributed by atoms with Gasteiger partial charge in [0.15, 0.2) is 0 Å². The molecule has 0 atom stereocenters. The van der Waals surface area contributed by atoms with Crippen LogP contribution in [0.4, 0.5) is 0 Å². The van der Waals surface area contributed by atoms with E-state index in [0.29, 0.717) is 13.1 Å². The molecule has 0 spiro atoms. The Balaban J connectivity index is 2.51. The lowest BCUT2D eigenvalue weighted by Gasteiger charge is -2.20. The molecule has 0 bridgehead atoms. The first kappa shape index (κ1) is 12.7. The summed E-state index contributed by atoms with van der Waals surface area (Å²) in [5, 5.41) is 7.05. The Bertz CT molecular complexity index is 363. The Morgan fingerprint density at radius 2 is 2.12 bits per heavy atom. The number of carbonyl (C=O) groups is 1. The van der Waals surface area contributed by atoms with Gasteiger partial charge in [-0.25, -0.2) is 0 Å². The van der Waals surface area contributed by atoms with Crippen LogP contribution in [0, 0.1) is 19.3 Å². The van der Waals surface area contributed by atoms with Gasteiger partial charge in [0, 0.05) is 18.7 Å². The van der Waals surface area contributed by atoms with Crippen LogP contribution in [0.1, 0.15) is 30.9 Å². The number of amides is 1. The molecular weight excluding hydrogens is 206 g/mol. The van der Waals surface area contributed by atoms with Gasteiger partial charge >= 0.3 is 0 Å². The number of nitrogens with zero attached hydrogens (tertiary/aromatic N) is 1. The van der Waals surface area contributed by atoms with Crippen LogP contribution in [0.3, 0.4) is 0 Å². The summed E-state index contributed by atoms with van der Waals surface area (Å²) in [5.74, 6) is 0.501. The summed E-state index contributed by atoms with van der Waals surface area (Å²) in [4.78, 5) is 11.1. The summed E-state index contributed by atoms with van der Waals surface area (Å²) in [6.07, 6.45) is 0. The minimum absolute atomic E-state index is 0.307. The number of nitrogens with one attached hydrogen (secondary N) is 1. The fraction of sp³-hybridized carbons (Fsp3) is 0.636. The van der Waals surface area contributed by atoms with Crippen LogP contribution < -0.4 is 11.1 Å². The molecule has 3 N–H and O–H groups in total. The lowest BCUT2D eigenvalue weighted by molar-refractivity contribution is -0.125. The van der Waals surface area contributed by atoms with Gasteiger partial charge in [0.1, 0.15) is 5.76 Å². The largest absolute Gasteiger partial charge is 0.369 e. The van der Waals surface area contributed by atoms with Crippen molar-refractivity contribution >= 4 is 5.91 Å². The number of aromatic nitrogens is 1. The minimum atomic E-state index is -0.543. The third-order valence-electron chi connectivity index (χ3n) is 2.72. The summed E-state index contributed by atoms with van der Waals surface area (Å²) in [5.41, 5.74) is 6.66. The maximum atomic E-state index is 11.1. The summed E-state index contributed by atoms with van der Waals surface area (Å²) < 4.78 is 5.04. The summed E-state index contributed by atoms with van der Waals surface area (Å²) in [6, 6.07) is 0. The van der Waals surface area contributed by atoms with Crippen LogP contribution in [0.5, 0.6) is 0 Å². The smallest absolute Gasteiger partial charge is 0.224 e. The molecule has 90 valence electrons. The molecule has 1 aromatic heterocycles. The zero-order valence-corrected chi connectivity index (χ0v) is 10.3. The van der Waals surface area contributed by atoms with Crippen molar-refractivity contribution in [2.24, 2.45) is 11.1 Å². The van der Waals surface area contributed by atoms with E-state index in [0.717, 1.165) is 17.0 Å². The van der Waals surface area contributed by atoms with E-state index in [1.165, 1.54) is 0 Å². The number of nitrogens with two attached hydrogens (primary N) is 1. The standard InChI is InChI=1S/C11H19N3O2/c1-7-9(8(2)16-14-7)5-13-6-11(3,4)10(12)15/h13H,5-6H2,1-4H3,(H2,12,15). The number of primary amides is 1. The Morgan fingerprint density at radius 3 is 2.56 bits per heavy atom. The average molecular weight is 225 g/mol. The molecule has 1 aromatic rings. The Kier molecular flexibility index (Phi) is 3.70. The van der Waals surface area contributed by atoms with Crippen LogP contribution in [0.25, 0.3) is 0 Å². The zero-order valence-electron chi connectivity index (χ0n) is 10.3. The van der Waals surface area contributed by atoms with Crippen LogP contribution >= 0.6 is 0 Å². The van der Waals surface area contributed by atoms with Crippen LogP contribution in [0.15, 0.2) is 4.52 Å². The van der Waals surface area contributed by atoms with Crippen LogP contribution in [-0.4, -0.2) is 17.6 Å². The molecule has 0 unspecified atom stereocenters. The predicted octanol–water partition coefficient (Wildman–Crippen LogP) is 0.893. The van der Waals surface area contributed by atoms with Crippen molar-refractivity contribution in [1.29, 1.82) is 0 Å². The highest BCUT2D eigenvalue weighted by atomic mass is 16.5. The topological polar surface area (TPSA) is 81.2 Å². The number of hydrogen-bond acceptors (Lipinski definition) is 4. The van der Waals surface area contributed by atoms with Gasteiger partial charge in [-0.3, -0.25) is 4.79 Å². The molecule has 0 aliphatic heterocycles. The third-order valence-corrected chi connectivity index (χ3v) is 2.72. The van der Waals surface area contributed by atoms with E-state index in [-0.39, 0.29) is 5.91 Å². The van der Waals surface area contributed by atoms with Crippen molar-refractivity contribution in [2.75, 3.05) is 6.54 Å². The third kappa shape index (κ3) is 2.82. The molecule has 0 aromatic carbocycles. The molecular formula is C11H19N3O2. The molecule has 0 fully saturated rings. The maximum absolute atomic E-state index is 11.1. The van der Waals surface area contributed by atoms with Gasteiger partial charge in [-0.2, -0.15) is 0 Å². The van der Waals surface area contributed by atoms with Gasteiger partial charge in [0.2, 0.25) is 5.91 Å². The summed E-state index contributed by atoms with van der Waals surface area (Å²) in [7, 11) is 0. The van der Waals surface area contributed by atoms with E-state index < -0.39 is 5.41 Å². The van der Waals surface area contributed by atoms with Crippen molar-refractivity contribution in [3.05, 3.63) is 17.0 Å². The van der Waals surface area contributed by atoms with E-state index in [9.17, 15) is 4.79 Å². The van der Waals surface area contributed by atoms with Gasteiger partial charge < -0.3 is 15.6 Å². The Morgan fingerprint density at radius 1 is 1.50 bits per heavy atom. The first-order chi connectivity index (χ1) is 7.34. The molecule has 0 radical (unpaired) electrons. The van der Waals surface area contributed by atoms with Gasteiger partial charge in [0.25, 0.3) is 0 Å². The van der Waals surface area contributed by atoms with Crippen molar-refractivity contribution in [3.63, 3.8) is 0 Å². The van der Waals surface area contributed by atoms with E-state index in [1.54, 1.807) is 0 Å². The Hall–Kier alpha value is -1.36. The molecule has 0 aliphatic rings. The normalized spacial score (nSPS) is 11.8. The van der Waals surface area contributed by atoms with Gasteiger partial charge in [-0.15, -0.1) is 0 Å². The van der Waals surface area contributed by atoms with Crippen LogP contribution in [0.2, 0.25) is 0 Å². The van der Waals surface area contributed by atoms with Gasteiger partial charge in [0.05, 0.1) is 11.1 Å². The predicted molar refractivity (Wildman–Crippen MR) is 60.7 cm³/mol. The molecule has 0 aliphatic carbocycles. The van der Waals surface area contributed by atoms with E-state index in [2.05, 4.69) is 10.5 Å². The molecule has 16 heavy (non-hydrogen) atoms. The van der Waals surface area contributed by atoms with Crippen molar-refractivity contribution in [3.8, 4) is 0 Å². The highest BCUT2D eigenvalue weighted by Crippen LogP contribution is 2.14. The maximum Gasteiger partial charge on any atom is 0.224 e. The van der Waals surface area contributed by atoms with Gasteiger partial charge in [-0.1, -0.05) is 5.16 Å². The van der Waals surface area contributed by atoms with Crippen molar-refractivity contribution in [2.45, 2.75) is 34.2 Å². The minimum Gasteiger partial charge on any atom is -0.369 e. The second kappa shape index (κ2) is 4.65. The Labute approximate surface area is 95.4 Å². The number of hydrogen-bond donors (Lipinski definition) is 2. The fourth-order valence-corrected chi connectivity index (χ4v) is 1.34. The summed E-state index contributed by atoms with van der Waals surface area (Å²) >= 11 is 0. The second-order valence-electron chi connectivity index (χ2n) is 4.65. The quantitative estimate of drug-likeness (QED) is 0.779. The average Bonchev–Trinajstić information content (AvgIpc) is 2.48. The lowest BCUT2D eigenvalue weighted by atomic mass is 9.93. The highest BCUT2D eigenvalue weighted by molar-refractivity contribution is 5.80. The highest BCUT2D eigenvalue weighted by Gasteiger charge is 2.24. The van der Waals surface area contributed by atoms with E-state index >= 15 is 0 Å². The second-order valence-corrected chi connectivity index (χ2v) is 4.65. The first-order valence-corrected chi connectivity index (χ1v) is 5.27. The first-order valence-electron chi connectivity index (χ1n) is 5.27. The molecule has 5 heteroatoms. The molecule has 5 nitrogen and oxygen atoms in total. The van der Waals surface area contributed by atoms with Gasteiger partial charge in [-0.05, 0) is 27.7 Å². The molecule has 0 saturated heterocycles. The van der Waals surface area contributed by atoms with Crippen molar-refractivity contribution in [1.82, 2.24) is 10.5 Å². The molecule has 1 amide bonds. The van der Waals surface area contributed by atoms with Crippen molar-refractivity contribution < 1.29 is 9.32 Å². The van der Waals surface area contributed by atoms with E-state index in [4.69, 9.17) is 10.3 Å². The fourth-order valence-electron chi connectivity index (χ4n) is 1.34. The molecule has 1 rings (SSSR count). The SMILES string of the molecule is Cc1noc(C)c1CNCC(C)(C)C(N)=O. The zero-order chi connectivity index (χ0) is 12.3. The monoisotopic (exact) mass is 225 g/mol. The lowest BCUT2D eigenvalue weighted by Crippen LogP contribution is -2.40. The number of carbonyl (C=O) groups excluding carboxylic acids is 1. The van der Waals surface area contributed by atoms with E-state index in [1.807, 2.05) is 27.7 Å². The molecule has 1 heterocycles. The van der Waals surface area contributed by atoms with Crippen LogP contribution in [-0.2, 0) is 11.3 Å². The summed E-state index contributed by atoms with van der Waals surface area (Å²) in [6.45, 7) is 8.57. The number of aryl methyl sites for hydroxylation is 2. The number of rotatable bonds is 5. The molecule has 0 saturated carbocycles.